The Bertz CT molecular complexity index is 271. The Morgan fingerprint density at radius 1 is 1.33 bits per heavy atom. The van der Waals surface area contributed by atoms with Crippen LogP contribution in [-0.4, -0.2) is 16.4 Å². The van der Waals surface area contributed by atoms with Crippen molar-refractivity contribution in [1.29, 1.82) is 0 Å². The lowest BCUT2D eigenvalue weighted by atomic mass is 10.2. The second kappa shape index (κ2) is 3.63. The van der Waals surface area contributed by atoms with Crippen molar-refractivity contribution in [3.05, 3.63) is 35.9 Å². The number of thioether (sulfide) groups is 1. The maximum Gasteiger partial charge on any atom is 0.0874 e. The van der Waals surface area contributed by atoms with E-state index in [2.05, 4.69) is 34.4 Å². The largest absolute Gasteiger partial charge is 0.282 e. The molecule has 0 fully saturated rings. The number of hydrogen-bond donors (Lipinski definition) is 0. The molecule has 2 nitrogen and oxygen atoms in total. The second-order valence-corrected chi connectivity index (χ2v) is 3.47. The molecular formula is C9H10N2S. The molecule has 0 unspecified atom stereocenters. The first-order chi connectivity index (χ1) is 5.95. The van der Waals surface area contributed by atoms with Gasteiger partial charge in [0.25, 0.3) is 0 Å². The molecule has 1 heterocycles. The quantitative estimate of drug-likeness (QED) is 0.689. The van der Waals surface area contributed by atoms with Crippen molar-refractivity contribution >= 4 is 17.3 Å². The molecule has 0 N–H and O–H groups in total. The van der Waals surface area contributed by atoms with Crippen LogP contribution in [0.3, 0.4) is 0 Å². The van der Waals surface area contributed by atoms with Crippen molar-refractivity contribution in [2.75, 3.05) is 5.88 Å². The molecule has 0 saturated carbocycles. The minimum Gasteiger partial charge on any atom is -0.282 e. The maximum atomic E-state index is 4.20. The molecule has 1 aliphatic heterocycles. The van der Waals surface area contributed by atoms with E-state index in [0.717, 1.165) is 12.4 Å². The zero-order chi connectivity index (χ0) is 8.23. The van der Waals surface area contributed by atoms with E-state index >= 15 is 0 Å². The molecule has 2 rings (SSSR count). The van der Waals surface area contributed by atoms with E-state index < -0.39 is 0 Å². The summed E-state index contributed by atoms with van der Waals surface area (Å²) in [6.07, 6.45) is 0. The molecule has 12 heavy (non-hydrogen) atoms. The van der Waals surface area contributed by atoms with E-state index in [1.54, 1.807) is 11.8 Å². The van der Waals surface area contributed by atoms with E-state index in [-0.39, 0.29) is 0 Å². The second-order valence-electron chi connectivity index (χ2n) is 2.67. The average Bonchev–Trinajstić information content (AvgIpc) is 2.59. The highest BCUT2D eigenvalue weighted by Gasteiger charge is 2.05. The van der Waals surface area contributed by atoms with Gasteiger partial charge in [0.1, 0.15) is 0 Å². The highest BCUT2D eigenvalue weighted by atomic mass is 32.2. The fraction of sp³-hybridized carbons (Fsp3) is 0.222. The van der Waals surface area contributed by atoms with Gasteiger partial charge in [0.2, 0.25) is 0 Å². The summed E-state index contributed by atoms with van der Waals surface area (Å²) in [5, 5.41) is 6.26. The lowest BCUT2D eigenvalue weighted by Gasteiger charge is -2.11. The Labute approximate surface area is 76.3 Å². The van der Waals surface area contributed by atoms with Crippen molar-refractivity contribution in [3.8, 4) is 0 Å². The number of nitrogens with zero attached hydrogens (tertiary/aromatic N) is 2. The van der Waals surface area contributed by atoms with E-state index in [9.17, 15) is 0 Å². The Hall–Kier alpha value is -0.960. The van der Waals surface area contributed by atoms with Crippen LogP contribution in [0.1, 0.15) is 5.56 Å². The van der Waals surface area contributed by atoms with E-state index in [1.165, 1.54) is 5.56 Å². The third-order valence-corrected chi connectivity index (χ3v) is 2.41. The van der Waals surface area contributed by atoms with Gasteiger partial charge in [-0.2, -0.15) is 5.10 Å². The molecule has 0 spiro atoms. The van der Waals surface area contributed by atoms with Crippen LogP contribution in [-0.2, 0) is 6.54 Å². The minimum absolute atomic E-state index is 0.921. The smallest absolute Gasteiger partial charge is 0.0874 e. The highest BCUT2D eigenvalue weighted by Crippen LogP contribution is 2.13. The van der Waals surface area contributed by atoms with Gasteiger partial charge in [-0.05, 0) is 5.56 Å². The fourth-order valence-electron chi connectivity index (χ4n) is 1.13. The zero-order valence-electron chi connectivity index (χ0n) is 6.68. The summed E-state index contributed by atoms with van der Waals surface area (Å²) in [7, 11) is 0. The summed E-state index contributed by atoms with van der Waals surface area (Å²) in [5.41, 5.74) is 3.21. The predicted octanol–water partition coefficient (Wildman–Crippen LogP) is 2.14. The first-order valence-electron chi connectivity index (χ1n) is 3.88. The third-order valence-electron chi connectivity index (χ3n) is 1.72. The Kier molecular flexibility index (Phi) is 2.32. The molecule has 3 heteroatoms. The van der Waals surface area contributed by atoms with Crippen molar-refractivity contribution in [2.24, 2.45) is 5.10 Å². The third kappa shape index (κ3) is 1.80. The van der Waals surface area contributed by atoms with Gasteiger partial charge < -0.3 is 0 Å². The number of hydrogen-bond acceptors (Lipinski definition) is 3. The Morgan fingerprint density at radius 2 is 2.17 bits per heavy atom. The van der Waals surface area contributed by atoms with E-state index in [4.69, 9.17) is 0 Å². The number of benzene rings is 1. The average molecular weight is 178 g/mol. The lowest BCUT2D eigenvalue weighted by Crippen LogP contribution is -2.11. The summed E-state index contributed by atoms with van der Waals surface area (Å²) < 4.78 is 0. The van der Waals surface area contributed by atoms with Crippen LogP contribution < -0.4 is 0 Å². The van der Waals surface area contributed by atoms with Gasteiger partial charge in [0, 0.05) is 0 Å². The molecule has 0 amide bonds. The molecule has 1 aromatic carbocycles. The standard InChI is InChI=1S/C9H10N2S/c1-2-4-9(5-3-1)6-11-8-12-7-10-11/h1-5,7H,6,8H2. The van der Waals surface area contributed by atoms with Crippen LogP contribution in [0.4, 0.5) is 0 Å². The summed E-state index contributed by atoms with van der Waals surface area (Å²) in [6, 6.07) is 10.4. The molecule has 0 aromatic heterocycles. The topological polar surface area (TPSA) is 15.6 Å². The first kappa shape index (κ1) is 7.68. The maximum absolute atomic E-state index is 4.20. The molecule has 0 bridgehead atoms. The number of hydrazone groups is 1. The van der Waals surface area contributed by atoms with Gasteiger partial charge in [0.05, 0.1) is 18.0 Å². The van der Waals surface area contributed by atoms with Crippen LogP contribution in [0, 0.1) is 0 Å². The van der Waals surface area contributed by atoms with Crippen LogP contribution in [0.25, 0.3) is 0 Å². The molecule has 1 aliphatic rings. The fourth-order valence-corrected chi connectivity index (χ4v) is 1.73. The lowest BCUT2D eigenvalue weighted by molar-refractivity contribution is 0.340. The summed E-state index contributed by atoms with van der Waals surface area (Å²) in [5.74, 6) is 0.981. The van der Waals surface area contributed by atoms with Crippen LogP contribution >= 0.6 is 11.8 Å². The SMILES string of the molecule is C1=NN(Cc2ccccc2)CS1. The van der Waals surface area contributed by atoms with Crippen molar-refractivity contribution in [1.82, 2.24) is 5.01 Å². The van der Waals surface area contributed by atoms with E-state index in [0.29, 0.717) is 0 Å². The minimum atomic E-state index is 0.921. The molecule has 62 valence electrons. The molecular weight excluding hydrogens is 168 g/mol. The van der Waals surface area contributed by atoms with Crippen LogP contribution in [0.5, 0.6) is 0 Å². The Morgan fingerprint density at radius 3 is 2.83 bits per heavy atom. The van der Waals surface area contributed by atoms with Gasteiger partial charge in [-0.1, -0.05) is 42.1 Å². The van der Waals surface area contributed by atoms with Crippen molar-refractivity contribution in [2.45, 2.75) is 6.54 Å². The van der Waals surface area contributed by atoms with E-state index in [1.807, 2.05) is 11.6 Å². The molecule has 0 aliphatic carbocycles. The summed E-state index contributed by atoms with van der Waals surface area (Å²) in [4.78, 5) is 0. The highest BCUT2D eigenvalue weighted by molar-refractivity contribution is 8.12. The summed E-state index contributed by atoms with van der Waals surface area (Å²) >= 11 is 1.74. The van der Waals surface area contributed by atoms with Gasteiger partial charge in [-0.3, -0.25) is 5.01 Å². The van der Waals surface area contributed by atoms with Crippen LogP contribution in [0.15, 0.2) is 35.4 Å². The summed E-state index contributed by atoms with van der Waals surface area (Å²) in [6.45, 7) is 0.921. The predicted molar refractivity (Wildman–Crippen MR) is 52.9 cm³/mol. The molecule has 0 atom stereocenters. The molecule has 0 radical (unpaired) electrons. The van der Waals surface area contributed by atoms with Gasteiger partial charge in [0.15, 0.2) is 0 Å². The monoisotopic (exact) mass is 178 g/mol. The first-order valence-corrected chi connectivity index (χ1v) is 4.93. The molecule has 1 aromatic rings. The van der Waals surface area contributed by atoms with Gasteiger partial charge in [-0.25, -0.2) is 0 Å². The van der Waals surface area contributed by atoms with Gasteiger partial charge in [-0.15, -0.1) is 0 Å². The zero-order valence-corrected chi connectivity index (χ0v) is 7.50. The number of rotatable bonds is 2. The molecule has 0 saturated heterocycles. The van der Waals surface area contributed by atoms with Crippen molar-refractivity contribution < 1.29 is 0 Å². The Balaban J connectivity index is 1.99. The van der Waals surface area contributed by atoms with Gasteiger partial charge >= 0.3 is 0 Å². The normalized spacial score (nSPS) is 15.5. The van der Waals surface area contributed by atoms with Crippen LogP contribution in [0.2, 0.25) is 0 Å². The van der Waals surface area contributed by atoms with Crippen molar-refractivity contribution in [3.63, 3.8) is 0 Å².